The van der Waals surface area contributed by atoms with E-state index >= 15 is 0 Å². The Kier molecular flexibility index (Phi) is 8.36. The first-order valence-corrected chi connectivity index (χ1v) is 13.3. The monoisotopic (exact) mass is 512 g/mol. The molecule has 1 fully saturated rings. The van der Waals surface area contributed by atoms with Crippen LogP contribution < -0.4 is 10.2 Å². The third-order valence-corrected chi connectivity index (χ3v) is 7.48. The zero-order chi connectivity index (χ0) is 24.9. The van der Waals surface area contributed by atoms with E-state index in [4.69, 9.17) is 16.6 Å². The van der Waals surface area contributed by atoms with Gasteiger partial charge in [-0.15, -0.1) is 11.3 Å². The van der Waals surface area contributed by atoms with Crippen LogP contribution in [0.4, 0.5) is 11.5 Å². The summed E-state index contributed by atoms with van der Waals surface area (Å²) in [5, 5.41) is 4.28. The van der Waals surface area contributed by atoms with E-state index in [0.717, 1.165) is 66.5 Å². The minimum absolute atomic E-state index is 0.208. The number of aromatic nitrogens is 3. The van der Waals surface area contributed by atoms with Gasteiger partial charge in [0.1, 0.15) is 16.5 Å². The molecule has 0 saturated carbocycles. The van der Waals surface area contributed by atoms with E-state index < -0.39 is 0 Å². The summed E-state index contributed by atoms with van der Waals surface area (Å²) in [6.07, 6.45) is 3.42. The van der Waals surface area contributed by atoms with Crippen LogP contribution in [0.1, 0.15) is 52.0 Å². The molecular weight excluding hydrogens is 480 g/mol. The van der Waals surface area contributed by atoms with Gasteiger partial charge < -0.3 is 10.2 Å². The molecule has 1 aliphatic heterocycles. The molecule has 1 aliphatic rings. The molecule has 0 bridgehead atoms. The summed E-state index contributed by atoms with van der Waals surface area (Å²) in [5.41, 5.74) is 2.47. The van der Waals surface area contributed by atoms with Crippen LogP contribution >= 0.6 is 22.9 Å². The third kappa shape index (κ3) is 6.78. The molecule has 3 heterocycles. The Bertz CT molecular complexity index is 1150. The lowest BCUT2D eigenvalue weighted by Crippen LogP contribution is -2.47. The normalized spacial score (nSPS) is 14.5. The van der Waals surface area contributed by atoms with Gasteiger partial charge in [-0.05, 0) is 44.4 Å². The number of aryl methyl sites for hydroxylation is 2. The number of hydrogen-bond acceptors (Lipinski definition) is 7. The zero-order valence-corrected chi connectivity index (χ0v) is 22.4. The first-order chi connectivity index (χ1) is 16.8. The fourth-order valence-corrected chi connectivity index (χ4v) is 5.22. The van der Waals surface area contributed by atoms with Crippen molar-refractivity contribution in [2.45, 2.75) is 40.5 Å². The highest BCUT2D eigenvalue weighted by Crippen LogP contribution is 2.27. The average Bonchev–Trinajstić information content (AvgIpc) is 3.28. The molecule has 7 nitrogen and oxygen atoms in total. The van der Waals surface area contributed by atoms with Gasteiger partial charge in [0, 0.05) is 38.7 Å². The molecule has 35 heavy (non-hydrogen) atoms. The number of nitrogens with zero attached hydrogens (tertiary/aromatic N) is 5. The van der Waals surface area contributed by atoms with Crippen molar-refractivity contribution in [3.63, 3.8) is 0 Å². The first kappa shape index (κ1) is 25.5. The van der Waals surface area contributed by atoms with Crippen LogP contribution in [0, 0.1) is 19.8 Å². The van der Waals surface area contributed by atoms with Gasteiger partial charge >= 0.3 is 0 Å². The van der Waals surface area contributed by atoms with Gasteiger partial charge in [-0.25, -0.2) is 15.0 Å². The topological polar surface area (TPSA) is 74.2 Å². The minimum atomic E-state index is -0.208. The van der Waals surface area contributed by atoms with Gasteiger partial charge in [-0.1, -0.05) is 37.6 Å². The molecule has 1 N–H and O–H groups in total. The van der Waals surface area contributed by atoms with Crippen LogP contribution in [0.3, 0.4) is 0 Å². The molecular formula is C26H33ClN6OS. The van der Waals surface area contributed by atoms with Crippen LogP contribution in [0.2, 0.25) is 5.02 Å². The van der Waals surface area contributed by atoms with Crippen molar-refractivity contribution in [3.8, 4) is 0 Å². The van der Waals surface area contributed by atoms with Gasteiger partial charge in [0.25, 0.3) is 5.91 Å². The zero-order valence-electron chi connectivity index (χ0n) is 20.8. The summed E-state index contributed by atoms with van der Waals surface area (Å²) in [5.74, 6) is 2.25. The molecule has 4 rings (SSSR count). The van der Waals surface area contributed by atoms with E-state index in [-0.39, 0.29) is 5.91 Å². The quantitative estimate of drug-likeness (QED) is 0.446. The van der Waals surface area contributed by atoms with Crippen molar-refractivity contribution < 1.29 is 4.79 Å². The second-order valence-electron chi connectivity index (χ2n) is 9.46. The standard InChI is InChI=1S/C26H33ClN6OS/c1-17(2)8-9-32-10-12-33(13-11-32)23-14-20(29-19(4)30-23)15-24-28-16-22(35-24)26(34)31-25-18(3)6-5-7-21(25)27/h5-7,14,16-17H,8-13,15H2,1-4H3,(H,31,34). The van der Waals surface area contributed by atoms with E-state index in [1.165, 1.54) is 17.8 Å². The predicted molar refractivity (Wildman–Crippen MR) is 144 cm³/mol. The molecule has 0 radical (unpaired) electrons. The maximum absolute atomic E-state index is 12.8. The highest BCUT2D eigenvalue weighted by atomic mass is 35.5. The van der Waals surface area contributed by atoms with E-state index in [9.17, 15) is 4.79 Å². The largest absolute Gasteiger partial charge is 0.354 e. The fraction of sp³-hybridized carbons (Fsp3) is 0.462. The summed E-state index contributed by atoms with van der Waals surface area (Å²) >= 11 is 7.63. The Morgan fingerprint density at radius 1 is 1.17 bits per heavy atom. The highest BCUT2D eigenvalue weighted by molar-refractivity contribution is 7.13. The lowest BCUT2D eigenvalue weighted by atomic mass is 10.1. The fourth-order valence-electron chi connectivity index (χ4n) is 4.12. The lowest BCUT2D eigenvalue weighted by Gasteiger charge is -2.35. The van der Waals surface area contributed by atoms with Crippen molar-refractivity contribution in [1.82, 2.24) is 19.9 Å². The highest BCUT2D eigenvalue weighted by Gasteiger charge is 2.20. The predicted octanol–water partition coefficient (Wildman–Crippen LogP) is 5.21. The molecule has 3 aromatic rings. The molecule has 0 aliphatic carbocycles. The number of carbonyl (C=O) groups is 1. The second kappa shape index (κ2) is 11.5. The van der Waals surface area contributed by atoms with E-state index in [2.05, 4.69) is 45.0 Å². The van der Waals surface area contributed by atoms with Crippen molar-refractivity contribution in [2.24, 2.45) is 5.92 Å². The van der Waals surface area contributed by atoms with Crippen molar-refractivity contribution >= 4 is 40.4 Å². The summed E-state index contributed by atoms with van der Waals surface area (Å²) in [6, 6.07) is 7.61. The lowest BCUT2D eigenvalue weighted by molar-refractivity contribution is 0.103. The SMILES string of the molecule is Cc1nc(Cc2ncc(C(=O)Nc3c(C)cccc3Cl)s2)cc(N2CCN(CCC(C)C)CC2)n1. The maximum Gasteiger partial charge on any atom is 0.267 e. The third-order valence-electron chi connectivity index (χ3n) is 6.17. The summed E-state index contributed by atoms with van der Waals surface area (Å²) < 4.78 is 0. The summed E-state index contributed by atoms with van der Waals surface area (Å²) in [6.45, 7) is 13.6. The molecule has 0 unspecified atom stereocenters. The molecule has 186 valence electrons. The number of para-hydroxylation sites is 1. The molecule has 0 spiro atoms. The van der Waals surface area contributed by atoms with Gasteiger partial charge in [0.05, 0.1) is 27.6 Å². The number of halogens is 1. The summed E-state index contributed by atoms with van der Waals surface area (Å²) in [4.78, 5) is 32.0. The van der Waals surface area contributed by atoms with Crippen LogP contribution in [-0.4, -0.2) is 58.5 Å². The molecule has 1 saturated heterocycles. The number of benzene rings is 1. The van der Waals surface area contributed by atoms with Crippen LogP contribution in [0.15, 0.2) is 30.5 Å². The van der Waals surface area contributed by atoms with E-state index in [0.29, 0.717) is 22.0 Å². The Balaban J connectivity index is 1.39. The maximum atomic E-state index is 12.8. The number of rotatable bonds is 8. The molecule has 1 amide bonds. The molecule has 0 atom stereocenters. The Hall–Kier alpha value is -2.55. The summed E-state index contributed by atoms with van der Waals surface area (Å²) in [7, 11) is 0. The van der Waals surface area contributed by atoms with Crippen LogP contribution in [0.25, 0.3) is 0 Å². The minimum Gasteiger partial charge on any atom is -0.354 e. The van der Waals surface area contributed by atoms with Gasteiger partial charge in [-0.2, -0.15) is 0 Å². The number of nitrogens with one attached hydrogen (secondary N) is 1. The molecule has 9 heteroatoms. The number of piperazine rings is 1. The molecule has 1 aromatic carbocycles. The van der Waals surface area contributed by atoms with Gasteiger partial charge in [0.2, 0.25) is 0 Å². The Morgan fingerprint density at radius 3 is 2.66 bits per heavy atom. The number of amides is 1. The Labute approximate surface area is 216 Å². The van der Waals surface area contributed by atoms with Crippen molar-refractivity contribution in [1.29, 1.82) is 0 Å². The number of carbonyl (C=O) groups excluding carboxylic acids is 1. The number of anilines is 2. The van der Waals surface area contributed by atoms with Crippen molar-refractivity contribution in [2.75, 3.05) is 42.9 Å². The van der Waals surface area contributed by atoms with Crippen molar-refractivity contribution in [3.05, 3.63) is 62.5 Å². The second-order valence-corrected chi connectivity index (χ2v) is 11.0. The van der Waals surface area contributed by atoms with Crippen LogP contribution in [0.5, 0.6) is 0 Å². The Morgan fingerprint density at radius 2 is 1.94 bits per heavy atom. The number of hydrogen-bond donors (Lipinski definition) is 1. The van der Waals surface area contributed by atoms with Crippen LogP contribution in [-0.2, 0) is 6.42 Å². The van der Waals surface area contributed by atoms with Gasteiger partial charge in [-0.3, -0.25) is 9.69 Å². The number of thiazole rings is 1. The van der Waals surface area contributed by atoms with E-state index in [1.54, 1.807) is 12.3 Å². The molecule has 2 aromatic heterocycles. The average molecular weight is 513 g/mol. The van der Waals surface area contributed by atoms with E-state index in [1.807, 2.05) is 26.0 Å². The first-order valence-electron chi connectivity index (χ1n) is 12.1. The smallest absolute Gasteiger partial charge is 0.267 e. The van der Waals surface area contributed by atoms with Gasteiger partial charge in [0.15, 0.2) is 0 Å².